The van der Waals surface area contributed by atoms with E-state index >= 15 is 0 Å². The number of carbonyl (C=O) groups is 2. The highest BCUT2D eigenvalue weighted by molar-refractivity contribution is 5.94. The molecule has 1 aromatic heterocycles. The molecule has 2 aromatic rings. The molecule has 1 aromatic carbocycles. The minimum Gasteiger partial charge on any atom is -0.436 e. The van der Waals surface area contributed by atoms with Crippen LogP contribution in [0.2, 0.25) is 0 Å². The van der Waals surface area contributed by atoms with E-state index in [1.165, 1.54) is 12.3 Å². The van der Waals surface area contributed by atoms with Crippen LogP contribution < -0.4 is 16.7 Å². The molecule has 166 valence electrons. The highest BCUT2D eigenvalue weighted by Crippen LogP contribution is 2.28. The van der Waals surface area contributed by atoms with E-state index in [1.54, 1.807) is 30.3 Å². The van der Waals surface area contributed by atoms with E-state index in [1.807, 2.05) is 0 Å². The Morgan fingerprint density at radius 1 is 1.23 bits per heavy atom. The Morgan fingerprint density at radius 2 is 1.94 bits per heavy atom. The lowest BCUT2D eigenvalue weighted by atomic mass is 10.1. The van der Waals surface area contributed by atoms with E-state index in [4.69, 9.17) is 20.3 Å². The van der Waals surface area contributed by atoms with Crippen LogP contribution in [0.1, 0.15) is 11.8 Å². The number of primary amides is 1. The maximum absolute atomic E-state index is 12.6. The number of aliphatic hydroxyl groups is 3. The van der Waals surface area contributed by atoms with Gasteiger partial charge in [-0.2, -0.15) is 4.98 Å². The summed E-state index contributed by atoms with van der Waals surface area (Å²) in [6, 6.07) is 10.0. The highest BCUT2D eigenvalue weighted by atomic mass is 16.6. The number of hydrogen-bond donors (Lipinski definition) is 5. The first-order valence-electron chi connectivity index (χ1n) is 9.32. The molecule has 3 rings (SSSR count). The van der Waals surface area contributed by atoms with Crippen LogP contribution in [0.15, 0.2) is 47.4 Å². The third-order valence-electron chi connectivity index (χ3n) is 4.69. The monoisotopic (exact) mass is 434 g/mol. The second-order valence-corrected chi connectivity index (χ2v) is 6.84. The van der Waals surface area contributed by atoms with Crippen molar-refractivity contribution >= 4 is 17.8 Å². The number of carbonyl (C=O) groups excluding carboxylic acids is 2. The number of aromatic nitrogens is 2. The Hall–Kier alpha value is -3.32. The van der Waals surface area contributed by atoms with Gasteiger partial charge in [-0.25, -0.2) is 9.59 Å². The van der Waals surface area contributed by atoms with E-state index in [0.29, 0.717) is 0 Å². The zero-order valence-electron chi connectivity index (χ0n) is 16.2. The number of anilines is 1. The molecule has 1 aliphatic heterocycles. The molecule has 6 N–H and O–H groups in total. The van der Waals surface area contributed by atoms with Gasteiger partial charge in [-0.05, 0) is 11.6 Å². The van der Waals surface area contributed by atoms with Gasteiger partial charge < -0.3 is 35.8 Å². The highest BCUT2D eigenvalue weighted by Gasteiger charge is 2.43. The second-order valence-electron chi connectivity index (χ2n) is 6.84. The van der Waals surface area contributed by atoms with Gasteiger partial charge in [0.05, 0.1) is 6.61 Å². The molecule has 1 fully saturated rings. The molecule has 0 spiro atoms. The van der Waals surface area contributed by atoms with Gasteiger partial charge in [0.25, 0.3) is 5.91 Å². The Bertz CT molecular complexity index is 982. The number of ether oxygens (including phenoxy) is 2. The Balaban J connectivity index is 1.74. The number of nitrogens with one attached hydrogen (secondary N) is 1. The predicted octanol–water partition coefficient (Wildman–Crippen LogP) is -1.50. The van der Waals surface area contributed by atoms with Crippen LogP contribution in [-0.4, -0.2) is 67.9 Å². The number of aliphatic hydroxyl groups excluding tert-OH is 3. The Kier molecular flexibility index (Phi) is 6.97. The molecule has 1 aliphatic rings. The summed E-state index contributed by atoms with van der Waals surface area (Å²) in [5, 5.41) is 31.4. The minimum absolute atomic E-state index is 0.0508. The van der Waals surface area contributed by atoms with Gasteiger partial charge in [0.15, 0.2) is 12.3 Å². The fraction of sp³-hybridized carbons (Fsp3) is 0.368. The van der Waals surface area contributed by atoms with Gasteiger partial charge >= 0.3 is 11.8 Å². The van der Waals surface area contributed by atoms with Crippen LogP contribution in [-0.2, 0) is 20.7 Å². The first kappa shape index (κ1) is 22.4. The number of amides is 2. The fourth-order valence-electron chi connectivity index (χ4n) is 3.15. The van der Waals surface area contributed by atoms with Crippen molar-refractivity contribution in [3.05, 3.63) is 58.6 Å². The average molecular weight is 434 g/mol. The van der Waals surface area contributed by atoms with Gasteiger partial charge in [-0.3, -0.25) is 9.36 Å². The average Bonchev–Trinajstić information content (AvgIpc) is 3.02. The molecule has 12 nitrogen and oxygen atoms in total. The lowest BCUT2D eigenvalue weighted by molar-refractivity contribution is -0.124. The van der Waals surface area contributed by atoms with E-state index in [-0.39, 0.29) is 12.2 Å². The van der Waals surface area contributed by atoms with Crippen molar-refractivity contribution in [3.8, 4) is 0 Å². The van der Waals surface area contributed by atoms with Crippen molar-refractivity contribution < 1.29 is 34.4 Å². The summed E-state index contributed by atoms with van der Waals surface area (Å²) in [6.07, 6.45) is -6.31. The van der Waals surface area contributed by atoms with E-state index in [9.17, 15) is 24.6 Å². The van der Waals surface area contributed by atoms with Crippen LogP contribution in [0.5, 0.6) is 0 Å². The third kappa shape index (κ3) is 5.24. The largest absolute Gasteiger partial charge is 0.436 e. The van der Waals surface area contributed by atoms with Crippen molar-refractivity contribution in [2.75, 3.05) is 11.9 Å². The number of hydrogen-bond acceptors (Lipinski definition) is 9. The summed E-state index contributed by atoms with van der Waals surface area (Å²) in [5.41, 5.74) is 4.89. The quantitative estimate of drug-likeness (QED) is 0.346. The summed E-state index contributed by atoms with van der Waals surface area (Å²) in [6.45, 7) is -0.548. The molecule has 0 saturated carbocycles. The maximum atomic E-state index is 12.6. The van der Waals surface area contributed by atoms with Crippen molar-refractivity contribution in [1.29, 1.82) is 0 Å². The Labute approximate surface area is 175 Å². The lowest BCUT2D eigenvalue weighted by Crippen LogP contribution is -2.38. The molecule has 2 amide bonds. The summed E-state index contributed by atoms with van der Waals surface area (Å²) in [5.74, 6) is -0.885. The molecule has 2 heterocycles. The molecule has 5 unspecified atom stereocenters. The molecule has 1 saturated heterocycles. The van der Waals surface area contributed by atoms with Gasteiger partial charge in [0.1, 0.15) is 24.1 Å². The zero-order valence-corrected chi connectivity index (χ0v) is 16.2. The predicted molar refractivity (Wildman–Crippen MR) is 105 cm³/mol. The third-order valence-corrected chi connectivity index (χ3v) is 4.69. The topological polar surface area (TPSA) is 186 Å². The molecule has 0 radical (unpaired) electrons. The SMILES string of the molecule is NC(=O)OC(Cc1ccccc1)C(=O)Nc1ccn(C2OC(CO)C(O)C2O)c(=O)n1. The molecular weight excluding hydrogens is 412 g/mol. The summed E-state index contributed by atoms with van der Waals surface area (Å²) < 4.78 is 11.1. The van der Waals surface area contributed by atoms with E-state index < -0.39 is 54.9 Å². The first-order valence-corrected chi connectivity index (χ1v) is 9.32. The van der Waals surface area contributed by atoms with Crippen LogP contribution in [0.25, 0.3) is 0 Å². The zero-order chi connectivity index (χ0) is 22.5. The van der Waals surface area contributed by atoms with Crippen LogP contribution in [0.4, 0.5) is 10.6 Å². The molecule has 5 atom stereocenters. The number of nitrogens with two attached hydrogens (primary N) is 1. The van der Waals surface area contributed by atoms with Crippen LogP contribution in [0.3, 0.4) is 0 Å². The normalized spacial score (nSPS) is 23.8. The van der Waals surface area contributed by atoms with Gasteiger partial charge in [-0.1, -0.05) is 30.3 Å². The van der Waals surface area contributed by atoms with E-state index in [2.05, 4.69) is 10.3 Å². The van der Waals surface area contributed by atoms with Crippen molar-refractivity contribution in [2.45, 2.75) is 37.1 Å². The fourth-order valence-corrected chi connectivity index (χ4v) is 3.15. The molecule has 0 aliphatic carbocycles. The van der Waals surface area contributed by atoms with Crippen LogP contribution >= 0.6 is 0 Å². The lowest BCUT2D eigenvalue weighted by Gasteiger charge is -2.18. The van der Waals surface area contributed by atoms with Crippen molar-refractivity contribution in [2.24, 2.45) is 5.73 Å². The number of benzene rings is 1. The van der Waals surface area contributed by atoms with Crippen molar-refractivity contribution in [1.82, 2.24) is 9.55 Å². The second kappa shape index (κ2) is 9.66. The minimum atomic E-state index is -1.46. The van der Waals surface area contributed by atoms with E-state index in [0.717, 1.165) is 10.1 Å². The molecular formula is C19H22N4O8. The Morgan fingerprint density at radius 3 is 2.52 bits per heavy atom. The standard InChI is InChI=1S/C19H22N4O8/c20-18(28)31-11(8-10-4-2-1-3-5-10)16(27)21-13-6-7-23(19(29)22-13)17-15(26)14(25)12(9-24)30-17/h1-7,11-12,14-15,17,24-26H,8-9H2,(H2,20,28)(H,21,22,27,29). The maximum Gasteiger partial charge on any atom is 0.405 e. The molecule has 12 heteroatoms. The van der Waals surface area contributed by atoms with Crippen molar-refractivity contribution in [3.63, 3.8) is 0 Å². The van der Waals surface area contributed by atoms with Gasteiger partial charge in [-0.15, -0.1) is 0 Å². The summed E-state index contributed by atoms with van der Waals surface area (Å²) in [4.78, 5) is 39.8. The first-order chi connectivity index (χ1) is 14.8. The number of nitrogens with zero attached hydrogens (tertiary/aromatic N) is 2. The number of rotatable bonds is 7. The molecule has 0 bridgehead atoms. The molecule has 31 heavy (non-hydrogen) atoms. The van der Waals surface area contributed by atoms with Gasteiger partial charge in [0, 0.05) is 12.6 Å². The van der Waals surface area contributed by atoms with Crippen LogP contribution in [0, 0.1) is 0 Å². The summed E-state index contributed by atoms with van der Waals surface area (Å²) >= 11 is 0. The van der Waals surface area contributed by atoms with Gasteiger partial charge in [0.2, 0.25) is 0 Å². The summed E-state index contributed by atoms with van der Waals surface area (Å²) in [7, 11) is 0. The smallest absolute Gasteiger partial charge is 0.405 e.